The average Bonchev–Trinajstić information content (AvgIpc) is 2.73. The molecule has 0 fully saturated rings. The van der Waals surface area contributed by atoms with Crippen LogP contribution in [0.25, 0.3) is 11.0 Å². The highest BCUT2D eigenvalue weighted by molar-refractivity contribution is 6.30. The third kappa shape index (κ3) is 4.02. The number of anilines is 1. The lowest BCUT2D eigenvalue weighted by Crippen LogP contribution is -2.30. The van der Waals surface area contributed by atoms with Crippen molar-refractivity contribution in [2.75, 3.05) is 5.32 Å². The van der Waals surface area contributed by atoms with Crippen LogP contribution in [-0.4, -0.2) is 15.5 Å². The minimum atomic E-state index is -0.572. The summed E-state index contributed by atoms with van der Waals surface area (Å²) in [6.07, 6.45) is 1.60. The summed E-state index contributed by atoms with van der Waals surface area (Å²) in [5.41, 5.74) is 1.23. The minimum absolute atomic E-state index is 0.0243. The number of hydrogen-bond acceptors (Lipinski definition) is 3. The van der Waals surface area contributed by atoms with E-state index in [9.17, 15) is 14.0 Å². The lowest BCUT2D eigenvalue weighted by Gasteiger charge is -2.12. The van der Waals surface area contributed by atoms with Crippen molar-refractivity contribution in [2.24, 2.45) is 0 Å². The van der Waals surface area contributed by atoms with Crippen LogP contribution in [0.2, 0.25) is 5.02 Å². The summed E-state index contributed by atoms with van der Waals surface area (Å²) in [6, 6.07) is 17.5. The first-order chi connectivity index (χ1) is 14.0. The molecule has 144 valence electrons. The number of nitrogens with zero attached hydrogens (tertiary/aromatic N) is 2. The number of carbonyl (C=O) groups is 1. The van der Waals surface area contributed by atoms with Crippen LogP contribution >= 0.6 is 11.6 Å². The van der Waals surface area contributed by atoms with Crippen molar-refractivity contribution in [1.82, 2.24) is 9.55 Å². The number of aromatic nitrogens is 2. The second-order valence-electron chi connectivity index (χ2n) is 6.45. The molecule has 2 aromatic carbocycles. The highest BCUT2D eigenvalue weighted by Gasteiger charge is 2.17. The van der Waals surface area contributed by atoms with Crippen molar-refractivity contribution in [2.45, 2.75) is 6.54 Å². The van der Waals surface area contributed by atoms with E-state index in [2.05, 4.69) is 10.3 Å². The summed E-state index contributed by atoms with van der Waals surface area (Å²) in [6.45, 7) is 0.237. The number of halogens is 2. The summed E-state index contributed by atoms with van der Waals surface area (Å²) in [5, 5.41) is 3.88. The molecule has 2 heterocycles. The van der Waals surface area contributed by atoms with Crippen LogP contribution < -0.4 is 10.9 Å². The van der Waals surface area contributed by atoms with Crippen LogP contribution in [0.5, 0.6) is 0 Å². The van der Waals surface area contributed by atoms with Gasteiger partial charge >= 0.3 is 0 Å². The van der Waals surface area contributed by atoms with E-state index in [-0.39, 0.29) is 12.1 Å². The van der Waals surface area contributed by atoms with Gasteiger partial charge in [-0.1, -0.05) is 23.7 Å². The molecule has 7 heteroatoms. The van der Waals surface area contributed by atoms with E-state index in [4.69, 9.17) is 11.6 Å². The van der Waals surface area contributed by atoms with E-state index in [0.29, 0.717) is 21.7 Å². The minimum Gasteiger partial charge on any atom is -0.322 e. The first-order valence-corrected chi connectivity index (χ1v) is 9.19. The molecule has 0 atom stereocenters. The molecule has 1 N–H and O–H groups in total. The van der Waals surface area contributed by atoms with Crippen molar-refractivity contribution >= 4 is 34.2 Å². The Kier molecular flexibility index (Phi) is 5.10. The summed E-state index contributed by atoms with van der Waals surface area (Å²) in [7, 11) is 0. The summed E-state index contributed by atoms with van der Waals surface area (Å²) in [5.74, 6) is -0.984. The number of amides is 1. The van der Waals surface area contributed by atoms with Gasteiger partial charge in [0.2, 0.25) is 0 Å². The Morgan fingerprint density at radius 3 is 2.52 bits per heavy atom. The Hall–Kier alpha value is -3.51. The van der Waals surface area contributed by atoms with Gasteiger partial charge in [0.05, 0.1) is 6.54 Å². The van der Waals surface area contributed by atoms with Gasteiger partial charge in [0.25, 0.3) is 11.5 Å². The van der Waals surface area contributed by atoms with Gasteiger partial charge in [-0.15, -0.1) is 0 Å². The standard InChI is InChI=1S/C22H15ClFN3O2/c23-16-5-3-14(4-6-16)13-27-20-15(2-1-11-25-20)12-19(22(27)29)21(28)26-18-9-7-17(24)8-10-18/h1-12H,13H2,(H,26,28). The van der Waals surface area contributed by atoms with Crippen LogP contribution in [-0.2, 0) is 6.54 Å². The molecule has 29 heavy (non-hydrogen) atoms. The molecule has 0 bridgehead atoms. The highest BCUT2D eigenvalue weighted by atomic mass is 35.5. The molecule has 0 aliphatic heterocycles. The topological polar surface area (TPSA) is 64.0 Å². The Morgan fingerprint density at radius 2 is 1.79 bits per heavy atom. The van der Waals surface area contributed by atoms with Gasteiger partial charge in [0.15, 0.2) is 0 Å². The van der Waals surface area contributed by atoms with Gasteiger partial charge in [-0.05, 0) is 60.2 Å². The average molecular weight is 408 g/mol. The maximum absolute atomic E-state index is 13.1. The van der Waals surface area contributed by atoms with Gasteiger partial charge in [-0.2, -0.15) is 0 Å². The quantitative estimate of drug-likeness (QED) is 0.542. The van der Waals surface area contributed by atoms with Gasteiger partial charge in [-0.3, -0.25) is 14.2 Å². The normalized spacial score (nSPS) is 10.8. The smallest absolute Gasteiger partial charge is 0.265 e. The number of benzene rings is 2. The summed E-state index contributed by atoms with van der Waals surface area (Å²) < 4.78 is 14.5. The fourth-order valence-corrected chi connectivity index (χ4v) is 3.15. The van der Waals surface area contributed by atoms with Crippen LogP contribution in [0.1, 0.15) is 15.9 Å². The SMILES string of the molecule is O=C(Nc1ccc(F)cc1)c1cc2cccnc2n(Cc2ccc(Cl)cc2)c1=O. The van der Waals surface area contributed by atoms with Crippen LogP contribution in [0.15, 0.2) is 77.7 Å². The van der Waals surface area contributed by atoms with Crippen molar-refractivity contribution in [3.8, 4) is 0 Å². The second-order valence-corrected chi connectivity index (χ2v) is 6.89. The van der Waals surface area contributed by atoms with Crippen molar-refractivity contribution in [1.29, 1.82) is 0 Å². The maximum atomic E-state index is 13.1. The fourth-order valence-electron chi connectivity index (χ4n) is 3.02. The van der Waals surface area contributed by atoms with Crippen molar-refractivity contribution < 1.29 is 9.18 Å². The predicted octanol–water partition coefficient (Wildman–Crippen LogP) is 4.49. The molecule has 4 aromatic rings. The lowest BCUT2D eigenvalue weighted by atomic mass is 10.1. The molecule has 1 amide bonds. The Bertz CT molecular complexity index is 1250. The molecule has 0 saturated heterocycles. The van der Waals surface area contributed by atoms with Crippen molar-refractivity contribution in [3.05, 3.63) is 105 Å². The number of fused-ring (bicyclic) bond motifs is 1. The van der Waals surface area contributed by atoms with E-state index < -0.39 is 17.3 Å². The molecule has 0 unspecified atom stereocenters. The Morgan fingerprint density at radius 1 is 1.07 bits per heavy atom. The van der Waals surface area contributed by atoms with E-state index >= 15 is 0 Å². The maximum Gasteiger partial charge on any atom is 0.265 e. The van der Waals surface area contributed by atoms with Gasteiger partial charge in [0.1, 0.15) is 17.0 Å². The second kappa shape index (κ2) is 7.85. The molecule has 0 saturated carbocycles. The lowest BCUT2D eigenvalue weighted by molar-refractivity contribution is 0.102. The molecular weight excluding hydrogens is 393 g/mol. The number of rotatable bonds is 4. The van der Waals surface area contributed by atoms with E-state index in [1.165, 1.54) is 34.9 Å². The third-order valence-electron chi connectivity index (χ3n) is 4.45. The molecule has 4 rings (SSSR count). The fraction of sp³-hybridized carbons (Fsp3) is 0.0455. The molecule has 0 aliphatic carbocycles. The molecular formula is C22H15ClFN3O2. The predicted molar refractivity (Wildman–Crippen MR) is 111 cm³/mol. The summed E-state index contributed by atoms with van der Waals surface area (Å²) in [4.78, 5) is 30.2. The first-order valence-electron chi connectivity index (χ1n) is 8.81. The first kappa shape index (κ1) is 18.8. The van der Waals surface area contributed by atoms with Crippen LogP contribution in [0, 0.1) is 5.82 Å². The van der Waals surface area contributed by atoms with E-state index in [0.717, 1.165) is 5.56 Å². The molecule has 2 aromatic heterocycles. The Balaban J connectivity index is 1.77. The van der Waals surface area contributed by atoms with Crippen LogP contribution in [0.3, 0.4) is 0 Å². The van der Waals surface area contributed by atoms with E-state index in [1.807, 2.05) is 12.1 Å². The molecule has 5 nitrogen and oxygen atoms in total. The molecule has 0 radical (unpaired) electrons. The zero-order chi connectivity index (χ0) is 20.4. The number of nitrogens with one attached hydrogen (secondary N) is 1. The number of carbonyl (C=O) groups excluding carboxylic acids is 1. The largest absolute Gasteiger partial charge is 0.322 e. The van der Waals surface area contributed by atoms with Crippen molar-refractivity contribution in [3.63, 3.8) is 0 Å². The Labute approximate surface area is 170 Å². The zero-order valence-electron chi connectivity index (χ0n) is 15.1. The molecule has 0 aliphatic rings. The number of hydrogen-bond donors (Lipinski definition) is 1. The van der Waals surface area contributed by atoms with E-state index in [1.54, 1.807) is 30.5 Å². The van der Waals surface area contributed by atoms with Crippen LogP contribution in [0.4, 0.5) is 10.1 Å². The van der Waals surface area contributed by atoms with Gasteiger partial charge in [-0.25, -0.2) is 9.37 Å². The zero-order valence-corrected chi connectivity index (χ0v) is 15.9. The summed E-state index contributed by atoms with van der Waals surface area (Å²) >= 11 is 5.94. The number of pyridine rings is 2. The van der Waals surface area contributed by atoms with Gasteiger partial charge in [0, 0.05) is 22.3 Å². The highest BCUT2D eigenvalue weighted by Crippen LogP contribution is 2.16. The molecule has 0 spiro atoms. The van der Waals surface area contributed by atoms with Gasteiger partial charge < -0.3 is 5.32 Å². The monoisotopic (exact) mass is 407 g/mol. The third-order valence-corrected chi connectivity index (χ3v) is 4.70.